The number of hydrogen-bond acceptors (Lipinski definition) is 4. The van der Waals surface area contributed by atoms with Crippen LogP contribution in [0.3, 0.4) is 0 Å². The van der Waals surface area contributed by atoms with Crippen molar-refractivity contribution >= 4 is 30.3 Å². The van der Waals surface area contributed by atoms with E-state index in [9.17, 15) is 14.4 Å². The van der Waals surface area contributed by atoms with Crippen LogP contribution in [0.1, 0.15) is 40.5 Å². The van der Waals surface area contributed by atoms with Crippen molar-refractivity contribution in [3.05, 3.63) is 0 Å². The number of halogens is 1. The van der Waals surface area contributed by atoms with Crippen LogP contribution >= 0.6 is 12.4 Å². The molecule has 1 rings (SSSR count). The topological polar surface area (TPSA) is 95.7 Å². The van der Waals surface area contributed by atoms with Gasteiger partial charge in [-0.15, -0.1) is 12.4 Å². The van der Waals surface area contributed by atoms with Crippen LogP contribution < -0.4 is 11.1 Å². The minimum absolute atomic E-state index is 0. The van der Waals surface area contributed by atoms with Crippen molar-refractivity contribution in [2.45, 2.75) is 46.1 Å². The maximum atomic E-state index is 12.1. The number of urea groups is 1. The molecule has 8 heteroatoms. The Morgan fingerprint density at radius 1 is 1.35 bits per heavy atom. The van der Waals surface area contributed by atoms with E-state index in [0.29, 0.717) is 25.9 Å². The Hall–Kier alpha value is -1.34. The number of nitrogens with one attached hydrogen (secondary N) is 1. The maximum absolute atomic E-state index is 12.1. The number of amides is 4. The molecule has 1 fully saturated rings. The summed E-state index contributed by atoms with van der Waals surface area (Å²) >= 11 is 0. The maximum Gasteiger partial charge on any atom is 0.325 e. The van der Waals surface area contributed by atoms with Gasteiger partial charge in [0.15, 0.2) is 0 Å². The molecule has 0 radical (unpaired) electrons. The summed E-state index contributed by atoms with van der Waals surface area (Å²) in [6, 6.07) is -0.389. The number of rotatable bonds is 7. The van der Waals surface area contributed by atoms with Gasteiger partial charge in [-0.1, -0.05) is 13.8 Å². The highest BCUT2D eigenvalue weighted by Crippen LogP contribution is 2.18. The lowest BCUT2D eigenvalue weighted by molar-refractivity contribution is -0.133. The first kappa shape index (κ1) is 21.7. The third kappa shape index (κ3) is 5.66. The van der Waals surface area contributed by atoms with Crippen molar-refractivity contribution in [1.82, 2.24) is 15.1 Å². The molecular weight excluding hydrogens is 320 g/mol. The SMILES string of the molecule is CN(CC(C)(C)CN)C(=O)CCCN1C(=O)NC(C)(C)C1=O.Cl. The number of hydrogen-bond donors (Lipinski definition) is 2. The van der Waals surface area contributed by atoms with Crippen molar-refractivity contribution in [3.8, 4) is 0 Å². The molecule has 1 heterocycles. The highest BCUT2D eigenvalue weighted by molar-refractivity contribution is 6.06. The average Bonchev–Trinajstić information content (AvgIpc) is 2.59. The fourth-order valence-electron chi connectivity index (χ4n) is 2.40. The predicted molar refractivity (Wildman–Crippen MR) is 91.3 cm³/mol. The molecule has 0 aromatic carbocycles. The van der Waals surface area contributed by atoms with E-state index in [0.717, 1.165) is 0 Å². The summed E-state index contributed by atoms with van der Waals surface area (Å²) in [6.07, 6.45) is 0.760. The normalized spacial score (nSPS) is 16.9. The van der Waals surface area contributed by atoms with Crippen LogP contribution in [0.4, 0.5) is 4.79 Å². The van der Waals surface area contributed by atoms with Gasteiger partial charge in [-0.3, -0.25) is 14.5 Å². The van der Waals surface area contributed by atoms with Gasteiger partial charge in [0.2, 0.25) is 5.91 Å². The number of nitrogens with two attached hydrogens (primary N) is 1. The monoisotopic (exact) mass is 348 g/mol. The van der Waals surface area contributed by atoms with Gasteiger partial charge < -0.3 is 16.0 Å². The fraction of sp³-hybridized carbons (Fsp3) is 0.800. The molecule has 134 valence electrons. The van der Waals surface area contributed by atoms with E-state index in [2.05, 4.69) is 5.32 Å². The summed E-state index contributed by atoms with van der Waals surface area (Å²) in [6.45, 7) is 8.69. The minimum atomic E-state index is -0.858. The van der Waals surface area contributed by atoms with Crippen LogP contribution in [0.2, 0.25) is 0 Å². The Labute approximate surface area is 144 Å². The molecular formula is C15H29ClN4O3. The summed E-state index contributed by atoms with van der Waals surface area (Å²) in [5.41, 5.74) is 4.68. The van der Waals surface area contributed by atoms with Crippen LogP contribution in [0, 0.1) is 5.41 Å². The molecule has 0 unspecified atom stereocenters. The van der Waals surface area contributed by atoms with Crippen molar-refractivity contribution < 1.29 is 14.4 Å². The molecule has 0 spiro atoms. The minimum Gasteiger partial charge on any atom is -0.345 e. The molecule has 1 aliphatic rings. The van der Waals surface area contributed by atoms with Crippen molar-refractivity contribution in [2.75, 3.05) is 26.7 Å². The standard InChI is InChI=1S/C15H28N4O3.ClH/c1-14(2,9-16)10-18(5)11(20)7-6-8-19-12(21)15(3,4)17-13(19)22;/h6-10,16H2,1-5H3,(H,17,22);1H. The Bertz CT molecular complexity index is 466. The molecule has 0 atom stereocenters. The summed E-state index contributed by atoms with van der Waals surface area (Å²) in [4.78, 5) is 38.6. The van der Waals surface area contributed by atoms with Crippen molar-refractivity contribution in [3.63, 3.8) is 0 Å². The first-order valence-electron chi connectivity index (χ1n) is 7.58. The molecule has 0 aromatic rings. The van der Waals surface area contributed by atoms with Gasteiger partial charge in [0.25, 0.3) is 5.91 Å². The molecule has 3 N–H and O–H groups in total. The van der Waals surface area contributed by atoms with E-state index in [-0.39, 0.29) is 42.2 Å². The van der Waals surface area contributed by atoms with Gasteiger partial charge in [0.05, 0.1) is 0 Å². The smallest absolute Gasteiger partial charge is 0.325 e. The Morgan fingerprint density at radius 3 is 2.35 bits per heavy atom. The van der Waals surface area contributed by atoms with E-state index in [1.165, 1.54) is 4.90 Å². The largest absolute Gasteiger partial charge is 0.345 e. The van der Waals surface area contributed by atoms with Gasteiger partial charge in [-0.05, 0) is 32.2 Å². The lowest BCUT2D eigenvalue weighted by Gasteiger charge is -2.29. The third-order valence-corrected chi connectivity index (χ3v) is 3.86. The highest BCUT2D eigenvalue weighted by Gasteiger charge is 2.43. The van der Waals surface area contributed by atoms with Gasteiger partial charge in [0.1, 0.15) is 5.54 Å². The molecule has 23 heavy (non-hydrogen) atoms. The number of carbonyl (C=O) groups is 3. The molecule has 0 saturated carbocycles. The zero-order chi connectivity index (χ0) is 17.1. The van der Waals surface area contributed by atoms with Gasteiger partial charge in [-0.2, -0.15) is 0 Å². The first-order valence-corrected chi connectivity index (χ1v) is 7.58. The number of nitrogens with zero attached hydrogens (tertiary/aromatic N) is 2. The second-order valence-electron chi connectivity index (χ2n) is 7.23. The molecule has 1 saturated heterocycles. The van der Waals surface area contributed by atoms with Crippen molar-refractivity contribution in [2.24, 2.45) is 11.1 Å². The van der Waals surface area contributed by atoms with E-state index in [1.54, 1.807) is 25.8 Å². The van der Waals surface area contributed by atoms with Crippen LogP contribution in [0.5, 0.6) is 0 Å². The lowest BCUT2D eigenvalue weighted by atomic mass is 9.93. The Kier molecular flexibility index (Phi) is 7.50. The van der Waals surface area contributed by atoms with E-state index >= 15 is 0 Å². The second kappa shape index (κ2) is 7.97. The molecule has 0 bridgehead atoms. The zero-order valence-corrected chi connectivity index (χ0v) is 15.5. The summed E-state index contributed by atoms with van der Waals surface area (Å²) < 4.78 is 0. The van der Waals surface area contributed by atoms with Crippen LogP contribution in [0.15, 0.2) is 0 Å². The fourth-order valence-corrected chi connectivity index (χ4v) is 2.40. The van der Waals surface area contributed by atoms with E-state index in [1.807, 2.05) is 13.8 Å². The van der Waals surface area contributed by atoms with E-state index < -0.39 is 5.54 Å². The quantitative estimate of drug-likeness (QED) is 0.670. The second-order valence-corrected chi connectivity index (χ2v) is 7.23. The summed E-state index contributed by atoms with van der Waals surface area (Å²) in [5, 5.41) is 2.62. The van der Waals surface area contributed by atoms with Crippen molar-refractivity contribution in [1.29, 1.82) is 0 Å². The summed E-state index contributed by atoms with van der Waals surface area (Å²) in [5.74, 6) is -0.254. The molecule has 1 aliphatic heterocycles. The predicted octanol–water partition coefficient (Wildman–Crippen LogP) is 0.962. The van der Waals surface area contributed by atoms with E-state index in [4.69, 9.17) is 5.73 Å². The third-order valence-electron chi connectivity index (χ3n) is 3.86. The van der Waals surface area contributed by atoms with Crippen LogP contribution in [-0.4, -0.2) is 59.9 Å². The number of carbonyl (C=O) groups excluding carboxylic acids is 3. The molecule has 7 nitrogen and oxygen atoms in total. The Morgan fingerprint density at radius 2 is 1.91 bits per heavy atom. The number of imide groups is 1. The van der Waals surface area contributed by atoms with Crippen LogP contribution in [0.25, 0.3) is 0 Å². The molecule has 0 aliphatic carbocycles. The van der Waals surface area contributed by atoms with Crippen LogP contribution in [-0.2, 0) is 9.59 Å². The Balaban J connectivity index is 0.00000484. The molecule has 0 aromatic heterocycles. The highest BCUT2D eigenvalue weighted by atomic mass is 35.5. The summed E-state index contributed by atoms with van der Waals surface area (Å²) in [7, 11) is 1.75. The first-order chi connectivity index (χ1) is 10.00. The lowest BCUT2D eigenvalue weighted by Crippen LogP contribution is -2.41. The zero-order valence-electron chi connectivity index (χ0n) is 14.6. The van der Waals surface area contributed by atoms with Gasteiger partial charge in [-0.25, -0.2) is 4.79 Å². The molecule has 4 amide bonds. The average molecular weight is 349 g/mol. The van der Waals surface area contributed by atoms with Gasteiger partial charge in [0, 0.05) is 26.6 Å². The van der Waals surface area contributed by atoms with Gasteiger partial charge >= 0.3 is 6.03 Å².